The standard InChI is InChI=1S/C24H31BrFN5O4/c1-4-18(28-19-6-5-9-23(19,2)34)24(35)12-31(13-24)22(33)21-17(11-20(32)30(3)29-21)27-16-8-7-14(25)10-15(16)26/h7-8,10-11,18-19,27-28,34-35H,4-6,9,12-13H2,1-3H3/t18?,19?,23-/m0/s1. The molecule has 2 aromatic rings. The lowest BCUT2D eigenvalue weighted by atomic mass is 9.83. The summed E-state index contributed by atoms with van der Waals surface area (Å²) in [5.41, 5.74) is -2.31. The van der Waals surface area contributed by atoms with E-state index in [0.717, 1.165) is 17.5 Å². The van der Waals surface area contributed by atoms with Crippen LogP contribution in [0.2, 0.25) is 0 Å². The lowest BCUT2D eigenvalue weighted by Gasteiger charge is -2.51. The Morgan fingerprint density at radius 3 is 2.63 bits per heavy atom. The molecule has 1 aliphatic carbocycles. The molecule has 4 rings (SSSR count). The van der Waals surface area contributed by atoms with Gasteiger partial charge in [-0.15, -0.1) is 0 Å². The highest BCUT2D eigenvalue weighted by Gasteiger charge is 2.51. The Hall–Kier alpha value is -2.34. The van der Waals surface area contributed by atoms with E-state index in [-0.39, 0.29) is 42.2 Å². The lowest BCUT2D eigenvalue weighted by molar-refractivity contribution is -0.111. The van der Waals surface area contributed by atoms with E-state index in [1.54, 1.807) is 13.0 Å². The van der Waals surface area contributed by atoms with Crippen LogP contribution in [-0.2, 0) is 7.05 Å². The van der Waals surface area contributed by atoms with Gasteiger partial charge in [0.2, 0.25) is 0 Å². The molecule has 1 amide bonds. The number of aromatic nitrogens is 2. The van der Waals surface area contributed by atoms with Crippen LogP contribution in [0.5, 0.6) is 0 Å². The number of rotatable bonds is 7. The number of amides is 1. The van der Waals surface area contributed by atoms with Crippen LogP contribution in [0, 0.1) is 5.82 Å². The minimum Gasteiger partial charge on any atom is -0.389 e. The Kier molecular flexibility index (Phi) is 7.07. The molecule has 1 saturated carbocycles. The molecular weight excluding hydrogens is 521 g/mol. The van der Waals surface area contributed by atoms with Crippen molar-refractivity contribution in [3.05, 3.63) is 50.6 Å². The molecule has 1 saturated heterocycles. The monoisotopic (exact) mass is 551 g/mol. The van der Waals surface area contributed by atoms with Crippen LogP contribution in [0.15, 0.2) is 33.5 Å². The van der Waals surface area contributed by atoms with Gasteiger partial charge in [-0.05, 0) is 50.8 Å². The van der Waals surface area contributed by atoms with E-state index in [1.807, 2.05) is 6.92 Å². The van der Waals surface area contributed by atoms with Crippen LogP contribution < -0.4 is 16.2 Å². The fraction of sp³-hybridized carbons (Fsp3) is 0.542. The number of halogens is 2. The van der Waals surface area contributed by atoms with Crippen molar-refractivity contribution in [2.24, 2.45) is 7.05 Å². The van der Waals surface area contributed by atoms with Gasteiger partial charge in [-0.3, -0.25) is 9.59 Å². The summed E-state index contributed by atoms with van der Waals surface area (Å²) >= 11 is 3.20. The quantitative estimate of drug-likeness (QED) is 0.416. The molecule has 2 aliphatic rings. The highest BCUT2D eigenvalue weighted by atomic mass is 79.9. The number of aryl methyl sites for hydroxylation is 1. The zero-order valence-electron chi connectivity index (χ0n) is 20.0. The topological polar surface area (TPSA) is 120 Å². The Morgan fingerprint density at radius 1 is 1.31 bits per heavy atom. The van der Waals surface area contributed by atoms with E-state index in [0.29, 0.717) is 17.3 Å². The second-order valence-electron chi connectivity index (χ2n) is 9.81. The highest BCUT2D eigenvalue weighted by molar-refractivity contribution is 9.10. The van der Waals surface area contributed by atoms with Crippen molar-refractivity contribution in [3.8, 4) is 0 Å². The number of nitrogens with one attached hydrogen (secondary N) is 2. The summed E-state index contributed by atoms with van der Waals surface area (Å²) in [5.74, 6) is -1.04. The largest absolute Gasteiger partial charge is 0.389 e. The van der Waals surface area contributed by atoms with Crippen molar-refractivity contribution in [2.75, 3.05) is 18.4 Å². The van der Waals surface area contributed by atoms with E-state index in [9.17, 15) is 24.2 Å². The number of β-amino-alcohol motifs (C(OH)–C–C–N with tert-alkyl or cyclic N) is 1. The molecule has 1 aromatic carbocycles. The first kappa shape index (κ1) is 25.7. The van der Waals surface area contributed by atoms with Crippen molar-refractivity contribution in [1.29, 1.82) is 0 Å². The number of aliphatic hydroxyl groups is 2. The van der Waals surface area contributed by atoms with Gasteiger partial charge in [-0.1, -0.05) is 22.9 Å². The summed E-state index contributed by atoms with van der Waals surface area (Å²) in [6.45, 7) is 3.90. The van der Waals surface area contributed by atoms with Crippen molar-refractivity contribution >= 4 is 33.2 Å². The second kappa shape index (κ2) is 9.61. The molecule has 35 heavy (non-hydrogen) atoms. The van der Waals surface area contributed by atoms with Crippen molar-refractivity contribution in [1.82, 2.24) is 20.0 Å². The summed E-state index contributed by atoms with van der Waals surface area (Å²) in [6, 6.07) is 5.17. The van der Waals surface area contributed by atoms with Gasteiger partial charge in [0.05, 0.1) is 30.1 Å². The van der Waals surface area contributed by atoms with Gasteiger partial charge < -0.3 is 25.7 Å². The molecule has 1 aliphatic heterocycles. The molecule has 2 heterocycles. The van der Waals surface area contributed by atoms with Crippen LogP contribution in [-0.4, -0.2) is 67.2 Å². The number of likely N-dealkylation sites (tertiary alicyclic amines) is 1. The summed E-state index contributed by atoms with van der Waals surface area (Å²) in [6.07, 6.45) is 3.07. The first-order valence-corrected chi connectivity index (χ1v) is 12.5. The zero-order chi connectivity index (χ0) is 25.5. The third-order valence-electron chi connectivity index (χ3n) is 7.10. The third kappa shape index (κ3) is 5.13. The fourth-order valence-corrected chi connectivity index (χ4v) is 5.30. The van der Waals surface area contributed by atoms with E-state index in [4.69, 9.17) is 0 Å². The molecule has 2 unspecified atom stereocenters. The number of benzene rings is 1. The van der Waals surface area contributed by atoms with Gasteiger partial charge in [-0.25, -0.2) is 9.07 Å². The van der Waals surface area contributed by atoms with Crippen LogP contribution in [0.25, 0.3) is 0 Å². The number of anilines is 2. The minimum absolute atomic E-state index is 0.0452. The highest BCUT2D eigenvalue weighted by Crippen LogP contribution is 2.34. The number of carbonyl (C=O) groups excluding carboxylic acids is 1. The molecule has 4 N–H and O–H groups in total. The number of nitrogens with zero attached hydrogens (tertiary/aromatic N) is 3. The Morgan fingerprint density at radius 2 is 2.03 bits per heavy atom. The maximum atomic E-state index is 14.4. The molecule has 0 bridgehead atoms. The van der Waals surface area contributed by atoms with Gasteiger partial charge in [0.25, 0.3) is 11.5 Å². The van der Waals surface area contributed by atoms with Crippen molar-refractivity contribution < 1.29 is 19.4 Å². The number of hydrogen-bond acceptors (Lipinski definition) is 7. The van der Waals surface area contributed by atoms with E-state index in [2.05, 4.69) is 31.7 Å². The summed E-state index contributed by atoms with van der Waals surface area (Å²) in [4.78, 5) is 27.0. The Labute approximate surface area is 211 Å². The number of hydrogen-bond donors (Lipinski definition) is 4. The molecule has 0 radical (unpaired) electrons. The minimum atomic E-state index is -1.16. The SMILES string of the molecule is CCC(NC1CCC[C@]1(C)O)C1(O)CN(C(=O)c2nn(C)c(=O)cc2Nc2ccc(Br)cc2F)C1. The fourth-order valence-electron chi connectivity index (χ4n) is 4.96. The summed E-state index contributed by atoms with van der Waals surface area (Å²) in [7, 11) is 1.43. The predicted octanol–water partition coefficient (Wildman–Crippen LogP) is 2.28. The molecule has 0 spiro atoms. The van der Waals surface area contributed by atoms with Gasteiger partial charge in [0.15, 0.2) is 5.69 Å². The van der Waals surface area contributed by atoms with Gasteiger partial charge in [0, 0.05) is 29.7 Å². The maximum Gasteiger partial charge on any atom is 0.276 e. The van der Waals surface area contributed by atoms with E-state index >= 15 is 0 Å². The van der Waals surface area contributed by atoms with Crippen LogP contribution in [0.4, 0.5) is 15.8 Å². The smallest absolute Gasteiger partial charge is 0.276 e. The van der Waals surface area contributed by atoms with E-state index in [1.165, 1.54) is 30.1 Å². The van der Waals surface area contributed by atoms with Crippen LogP contribution in [0.1, 0.15) is 50.0 Å². The van der Waals surface area contributed by atoms with Crippen molar-refractivity contribution in [3.63, 3.8) is 0 Å². The predicted molar refractivity (Wildman–Crippen MR) is 133 cm³/mol. The molecule has 3 atom stereocenters. The number of carbonyl (C=O) groups is 1. The van der Waals surface area contributed by atoms with E-state index < -0.39 is 28.5 Å². The molecule has 190 valence electrons. The van der Waals surface area contributed by atoms with Crippen molar-refractivity contribution in [2.45, 2.75) is 62.8 Å². The molecule has 11 heteroatoms. The lowest BCUT2D eigenvalue weighted by Crippen LogP contribution is -2.72. The normalized spacial score (nSPS) is 24.2. The summed E-state index contributed by atoms with van der Waals surface area (Å²) in [5, 5.41) is 32.2. The molecule has 1 aromatic heterocycles. The Bertz CT molecular complexity index is 1180. The van der Waals surface area contributed by atoms with Gasteiger partial charge in [-0.2, -0.15) is 5.10 Å². The van der Waals surface area contributed by atoms with Crippen LogP contribution in [0.3, 0.4) is 0 Å². The molecule has 2 fully saturated rings. The van der Waals surface area contributed by atoms with Gasteiger partial charge >= 0.3 is 0 Å². The Balaban J connectivity index is 1.52. The maximum absolute atomic E-state index is 14.4. The molecule has 9 nitrogen and oxygen atoms in total. The average Bonchev–Trinajstić information content (AvgIpc) is 3.11. The zero-order valence-corrected chi connectivity index (χ0v) is 21.6. The van der Waals surface area contributed by atoms with Crippen LogP contribution >= 0.6 is 15.9 Å². The third-order valence-corrected chi connectivity index (χ3v) is 7.59. The second-order valence-corrected chi connectivity index (χ2v) is 10.7. The van der Waals surface area contributed by atoms with Gasteiger partial charge in [0.1, 0.15) is 11.4 Å². The average molecular weight is 552 g/mol. The first-order valence-electron chi connectivity index (χ1n) is 11.7. The summed E-state index contributed by atoms with van der Waals surface area (Å²) < 4.78 is 16.0. The molecular formula is C24H31BrFN5O4. The first-order chi connectivity index (χ1) is 16.4.